The molecule has 1 fully saturated rings. The Morgan fingerprint density at radius 3 is 3.00 bits per heavy atom. The zero-order valence-electron chi connectivity index (χ0n) is 12.6. The number of nitrogens with two attached hydrogens (primary N) is 1. The summed E-state index contributed by atoms with van der Waals surface area (Å²) in [5, 5.41) is 5.02. The van der Waals surface area contributed by atoms with Crippen molar-refractivity contribution >= 4 is 22.4 Å². The Morgan fingerprint density at radius 1 is 1.43 bits per heavy atom. The van der Waals surface area contributed by atoms with Crippen molar-refractivity contribution in [3.63, 3.8) is 0 Å². The fourth-order valence-electron chi connectivity index (χ4n) is 2.45. The van der Waals surface area contributed by atoms with Crippen LogP contribution in [-0.4, -0.2) is 36.3 Å². The van der Waals surface area contributed by atoms with Crippen LogP contribution < -0.4 is 11.1 Å². The summed E-state index contributed by atoms with van der Waals surface area (Å²) in [4.78, 5) is 16.2. The lowest BCUT2D eigenvalue weighted by molar-refractivity contribution is -0.0736. The highest BCUT2D eigenvalue weighted by Gasteiger charge is 2.28. The van der Waals surface area contributed by atoms with Crippen LogP contribution in [0.2, 0.25) is 0 Å². The number of amides is 1. The molecule has 0 unspecified atom stereocenters. The van der Waals surface area contributed by atoms with Gasteiger partial charge in [-0.25, -0.2) is 4.98 Å². The molecule has 1 amide bonds. The fraction of sp³-hybridized carbons (Fsp3) is 0.375. The van der Waals surface area contributed by atoms with E-state index in [9.17, 15) is 4.79 Å². The van der Waals surface area contributed by atoms with E-state index in [-0.39, 0.29) is 18.1 Å². The number of hydrogen-bond acceptors (Lipinski definition) is 6. The number of thiazole rings is 1. The number of nitrogens with zero attached hydrogens (tertiary/aromatic N) is 1. The number of anilines is 1. The third kappa shape index (κ3) is 4.28. The highest BCUT2D eigenvalue weighted by atomic mass is 32.1. The van der Waals surface area contributed by atoms with Gasteiger partial charge in [0, 0.05) is 12.0 Å². The molecule has 1 aromatic carbocycles. The quantitative estimate of drug-likeness (QED) is 0.872. The van der Waals surface area contributed by atoms with E-state index in [4.69, 9.17) is 15.2 Å². The molecule has 0 saturated carbocycles. The van der Waals surface area contributed by atoms with Gasteiger partial charge in [-0.2, -0.15) is 0 Å². The molecule has 1 aromatic heterocycles. The number of ether oxygens (including phenoxy) is 2. The molecular formula is C16H19N3O3S. The standard InChI is InChI=1S/C16H19N3O3S/c17-16-19-13(10-23-16)15(20)18-12-6-7-21-9-14(12)22-8-11-4-2-1-3-5-11/h1-5,10,12,14H,6-9H2,(H2,17,19)(H,18,20)/t12-,14-/m1/s1. The van der Waals surface area contributed by atoms with Crippen molar-refractivity contribution in [2.75, 3.05) is 18.9 Å². The molecule has 1 aliphatic heterocycles. The predicted molar refractivity (Wildman–Crippen MR) is 88.2 cm³/mol. The smallest absolute Gasteiger partial charge is 0.271 e. The lowest BCUT2D eigenvalue weighted by atomic mass is 10.1. The van der Waals surface area contributed by atoms with Crippen molar-refractivity contribution in [2.45, 2.75) is 25.2 Å². The fourth-order valence-corrected chi connectivity index (χ4v) is 3.00. The SMILES string of the molecule is Nc1nc(C(=O)N[C@@H]2CCOC[C@H]2OCc2ccccc2)cs1. The van der Waals surface area contributed by atoms with Gasteiger partial charge < -0.3 is 20.5 Å². The van der Waals surface area contributed by atoms with Crippen LogP contribution in [0.4, 0.5) is 5.13 Å². The molecule has 1 saturated heterocycles. The Bertz CT molecular complexity index is 647. The van der Waals surface area contributed by atoms with Crippen molar-refractivity contribution in [3.8, 4) is 0 Å². The number of aromatic nitrogens is 1. The second-order valence-electron chi connectivity index (χ2n) is 5.35. The average Bonchev–Trinajstić information content (AvgIpc) is 3.02. The minimum atomic E-state index is -0.224. The van der Waals surface area contributed by atoms with Gasteiger partial charge in [-0.05, 0) is 12.0 Å². The molecule has 0 radical (unpaired) electrons. The zero-order chi connectivity index (χ0) is 16.1. The Kier molecular flexibility index (Phi) is 5.22. The Labute approximate surface area is 138 Å². The van der Waals surface area contributed by atoms with E-state index >= 15 is 0 Å². The molecular weight excluding hydrogens is 314 g/mol. The summed E-state index contributed by atoms with van der Waals surface area (Å²) >= 11 is 1.25. The van der Waals surface area contributed by atoms with Crippen molar-refractivity contribution in [1.82, 2.24) is 10.3 Å². The molecule has 1 aliphatic rings. The molecule has 7 heteroatoms. The predicted octanol–water partition coefficient (Wildman–Crippen LogP) is 1.83. The monoisotopic (exact) mass is 333 g/mol. The molecule has 23 heavy (non-hydrogen) atoms. The molecule has 0 bridgehead atoms. The molecule has 2 heterocycles. The largest absolute Gasteiger partial charge is 0.379 e. The summed E-state index contributed by atoms with van der Waals surface area (Å²) in [7, 11) is 0. The Hall–Kier alpha value is -1.96. The topological polar surface area (TPSA) is 86.5 Å². The summed E-state index contributed by atoms with van der Waals surface area (Å²) in [6.07, 6.45) is 0.536. The third-order valence-corrected chi connectivity index (χ3v) is 4.36. The molecule has 122 valence electrons. The molecule has 0 spiro atoms. The first kappa shape index (κ1) is 15.9. The normalized spacial score (nSPS) is 21.0. The van der Waals surface area contributed by atoms with Crippen LogP contribution in [-0.2, 0) is 16.1 Å². The number of carbonyl (C=O) groups is 1. The number of carbonyl (C=O) groups excluding carboxylic acids is 1. The minimum Gasteiger partial charge on any atom is -0.379 e. The van der Waals surface area contributed by atoms with E-state index in [1.807, 2.05) is 30.3 Å². The number of nitrogen functional groups attached to an aromatic ring is 1. The van der Waals surface area contributed by atoms with Crippen LogP contribution in [0.3, 0.4) is 0 Å². The molecule has 2 atom stereocenters. The Balaban J connectivity index is 1.58. The number of benzene rings is 1. The van der Waals surface area contributed by atoms with Crippen LogP contribution in [0.5, 0.6) is 0 Å². The molecule has 6 nitrogen and oxygen atoms in total. The van der Waals surface area contributed by atoms with Gasteiger partial charge in [0.05, 0.1) is 19.3 Å². The summed E-state index contributed by atoms with van der Waals surface area (Å²) < 4.78 is 11.4. The van der Waals surface area contributed by atoms with Gasteiger partial charge in [-0.15, -0.1) is 11.3 Å². The van der Waals surface area contributed by atoms with Crippen LogP contribution >= 0.6 is 11.3 Å². The number of hydrogen-bond donors (Lipinski definition) is 2. The second kappa shape index (κ2) is 7.54. The Morgan fingerprint density at radius 2 is 2.26 bits per heavy atom. The van der Waals surface area contributed by atoms with Gasteiger partial charge >= 0.3 is 0 Å². The number of nitrogens with one attached hydrogen (secondary N) is 1. The van der Waals surface area contributed by atoms with E-state index in [0.717, 1.165) is 5.56 Å². The molecule has 3 N–H and O–H groups in total. The maximum Gasteiger partial charge on any atom is 0.271 e. The van der Waals surface area contributed by atoms with Gasteiger partial charge in [-0.3, -0.25) is 4.79 Å². The van der Waals surface area contributed by atoms with Gasteiger partial charge in [0.25, 0.3) is 5.91 Å². The lowest BCUT2D eigenvalue weighted by Gasteiger charge is -2.32. The van der Waals surface area contributed by atoms with E-state index in [2.05, 4.69) is 10.3 Å². The van der Waals surface area contributed by atoms with Crippen LogP contribution in [0.15, 0.2) is 35.7 Å². The first-order chi connectivity index (χ1) is 11.2. The van der Waals surface area contributed by atoms with Crippen molar-refractivity contribution in [1.29, 1.82) is 0 Å². The number of rotatable bonds is 5. The van der Waals surface area contributed by atoms with Crippen molar-refractivity contribution < 1.29 is 14.3 Å². The average molecular weight is 333 g/mol. The zero-order valence-corrected chi connectivity index (χ0v) is 13.4. The maximum absolute atomic E-state index is 12.2. The lowest BCUT2D eigenvalue weighted by Crippen LogP contribution is -2.50. The van der Waals surface area contributed by atoms with Crippen molar-refractivity contribution in [2.24, 2.45) is 0 Å². The van der Waals surface area contributed by atoms with Gasteiger partial charge in [-0.1, -0.05) is 30.3 Å². The maximum atomic E-state index is 12.2. The minimum absolute atomic E-state index is 0.0945. The van der Waals surface area contributed by atoms with Gasteiger partial charge in [0.1, 0.15) is 11.8 Å². The van der Waals surface area contributed by atoms with E-state index in [1.165, 1.54) is 11.3 Å². The van der Waals surface area contributed by atoms with E-state index in [0.29, 0.717) is 37.1 Å². The third-order valence-electron chi connectivity index (χ3n) is 3.68. The highest BCUT2D eigenvalue weighted by molar-refractivity contribution is 7.13. The van der Waals surface area contributed by atoms with Crippen LogP contribution in [0.1, 0.15) is 22.5 Å². The van der Waals surface area contributed by atoms with Crippen molar-refractivity contribution in [3.05, 3.63) is 47.0 Å². The molecule has 2 aromatic rings. The molecule has 3 rings (SSSR count). The van der Waals surface area contributed by atoms with E-state index < -0.39 is 0 Å². The second-order valence-corrected chi connectivity index (χ2v) is 6.24. The van der Waals surface area contributed by atoms with E-state index in [1.54, 1.807) is 5.38 Å². The van der Waals surface area contributed by atoms with Crippen LogP contribution in [0, 0.1) is 0 Å². The first-order valence-corrected chi connectivity index (χ1v) is 8.35. The summed E-state index contributed by atoms with van der Waals surface area (Å²) in [6, 6.07) is 9.84. The van der Waals surface area contributed by atoms with Crippen LogP contribution in [0.25, 0.3) is 0 Å². The van der Waals surface area contributed by atoms with Gasteiger partial charge in [0.15, 0.2) is 5.13 Å². The van der Waals surface area contributed by atoms with Gasteiger partial charge in [0.2, 0.25) is 0 Å². The summed E-state index contributed by atoms with van der Waals surface area (Å²) in [6.45, 7) is 1.57. The highest BCUT2D eigenvalue weighted by Crippen LogP contribution is 2.16. The summed E-state index contributed by atoms with van der Waals surface area (Å²) in [5.74, 6) is -0.224. The molecule has 0 aliphatic carbocycles. The summed E-state index contributed by atoms with van der Waals surface area (Å²) in [5.41, 5.74) is 7.01. The first-order valence-electron chi connectivity index (χ1n) is 7.47.